The molecular weight excluding hydrogens is 348 g/mol. The van der Waals surface area contributed by atoms with Crippen molar-refractivity contribution >= 4 is 21.6 Å². The standard InChI is InChI=1S/C20H24N2O3S/c1-15-8-9-16(2)19(14-15)26(24,25)22-12-10-17(11-13-22)20(23)21-18-6-4-3-5-7-18/h3-9,14,17H,10-13H2,1-2H3,(H,21,23). The van der Waals surface area contributed by atoms with Crippen LogP contribution in [0.4, 0.5) is 5.69 Å². The number of anilines is 1. The molecule has 1 N–H and O–H groups in total. The van der Waals surface area contributed by atoms with Gasteiger partial charge in [-0.25, -0.2) is 8.42 Å². The lowest BCUT2D eigenvalue weighted by molar-refractivity contribution is -0.120. The Bertz CT molecular complexity index is 887. The van der Waals surface area contributed by atoms with Gasteiger partial charge in [0.25, 0.3) is 0 Å². The third-order valence-electron chi connectivity index (χ3n) is 4.83. The summed E-state index contributed by atoms with van der Waals surface area (Å²) in [4.78, 5) is 12.8. The number of piperidine rings is 1. The Morgan fingerprint density at radius 3 is 2.35 bits per heavy atom. The molecule has 1 fully saturated rings. The van der Waals surface area contributed by atoms with Gasteiger partial charge in [0, 0.05) is 24.7 Å². The summed E-state index contributed by atoms with van der Waals surface area (Å²) in [5.41, 5.74) is 2.44. The monoisotopic (exact) mass is 372 g/mol. The molecule has 1 heterocycles. The molecular formula is C20H24N2O3S. The fourth-order valence-electron chi connectivity index (χ4n) is 3.25. The number of amides is 1. The highest BCUT2D eigenvalue weighted by atomic mass is 32.2. The molecule has 1 saturated heterocycles. The third kappa shape index (κ3) is 3.97. The Balaban J connectivity index is 1.66. The maximum Gasteiger partial charge on any atom is 0.243 e. The normalized spacial score (nSPS) is 16.4. The summed E-state index contributed by atoms with van der Waals surface area (Å²) in [5, 5.41) is 2.91. The van der Waals surface area contributed by atoms with Crippen LogP contribution in [0.25, 0.3) is 0 Å². The summed E-state index contributed by atoms with van der Waals surface area (Å²) in [5.74, 6) is -0.208. The van der Waals surface area contributed by atoms with Gasteiger partial charge in [-0.15, -0.1) is 0 Å². The molecule has 2 aromatic carbocycles. The van der Waals surface area contributed by atoms with Crippen LogP contribution in [0.15, 0.2) is 53.4 Å². The van der Waals surface area contributed by atoms with Crippen LogP contribution in [0, 0.1) is 19.8 Å². The van der Waals surface area contributed by atoms with Gasteiger partial charge in [0.2, 0.25) is 15.9 Å². The van der Waals surface area contributed by atoms with E-state index in [-0.39, 0.29) is 11.8 Å². The first kappa shape index (κ1) is 18.6. The molecule has 3 rings (SSSR count). The Labute approximate surface area is 155 Å². The minimum atomic E-state index is -3.52. The van der Waals surface area contributed by atoms with Gasteiger partial charge in [0.1, 0.15) is 0 Å². The van der Waals surface area contributed by atoms with E-state index in [9.17, 15) is 13.2 Å². The summed E-state index contributed by atoms with van der Waals surface area (Å²) in [6.07, 6.45) is 1.06. The molecule has 0 spiro atoms. The van der Waals surface area contributed by atoms with E-state index in [1.807, 2.05) is 56.3 Å². The molecule has 6 heteroatoms. The number of benzene rings is 2. The Kier molecular flexibility index (Phi) is 5.44. The van der Waals surface area contributed by atoms with Gasteiger partial charge in [-0.1, -0.05) is 30.3 Å². The fraction of sp³-hybridized carbons (Fsp3) is 0.350. The first-order valence-corrected chi connectivity index (χ1v) is 10.3. The van der Waals surface area contributed by atoms with E-state index in [4.69, 9.17) is 0 Å². The molecule has 0 aromatic heterocycles. The van der Waals surface area contributed by atoms with Gasteiger partial charge in [-0.2, -0.15) is 4.31 Å². The number of carbonyl (C=O) groups excluding carboxylic acids is 1. The van der Waals surface area contributed by atoms with Crippen LogP contribution < -0.4 is 5.32 Å². The van der Waals surface area contributed by atoms with Crippen LogP contribution in [0.1, 0.15) is 24.0 Å². The molecule has 2 aromatic rings. The molecule has 0 radical (unpaired) electrons. The number of aryl methyl sites for hydroxylation is 2. The zero-order chi connectivity index (χ0) is 18.7. The Morgan fingerprint density at radius 1 is 1.04 bits per heavy atom. The van der Waals surface area contributed by atoms with E-state index in [0.29, 0.717) is 30.8 Å². The summed E-state index contributed by atoms with van der Waals surface area (Å²) in [7, 11) is -3.52. The Morgan fingerprint density at radius 2 is 1.69 bits per heavy atom. The molecule has 0 aliphatic carbocycles. The minimum Gasteiger partial charge on any atom is -0.326 e. The number of sulfonamides is 1. The van der Waals surface area contributed by atoms with Gasteiger partial charge in [0.15, 0.2) is 0 Å². The average molecular weight is 372 g/mol. The van der Waals surface area contributed by atoms with E-state index in [0.717, 1.165) is 16.8 Å². The largest absolute Gasteiger partial charge is 0.326 e. The minimum absolute atomic E-state index is 0.0417. The summed E-state index contributed by atoms with van der Waals surface area (Å²) in [6, 6.07) is 14.8. The predicted molar refractivity (Wildman–Crippen MR) is 102 cm³/mol. The lowest BCUT2D eigenvalue weighted by Crippen LogP contribution is -2.41. The van der Waals surface area contributed by atoms with E-state index in [2.05, 4.69) is 5.32 Å². The molecule has 0 atom stereocenters. The number of carbonyl (C=O) groups is 1. The predicted octanol–water partition coefficient (Wildman–Crippen LogP) is 3.34. The topological polar surface area (TPSA) is 66.5 Å². The van der Waals surface area contributed by atoms with Crippen LogP contribution in [0.2, 0.25) is 0 Å². The number of nitrogens with zero attached hydrogens (tertiary/aromatic N) is 1. The van der Waals surface area contributed by atoms with Crippen molar-refractivity contribution < 1.29 is 13.2 Å². The average Bonchev–Trinajstić information content (AvgIpc) is 2.64. The first-order valence-electron chi connectivity index (χ1n) is 8.81. The number of rotatable bonds is 4. The zero-order valence-electron chi connectivity index (χ0n) is 15.1. The summed E-state index contributed by atoms with van der Waals surface area (Å²) >= 11 is 0. The number of nitrogens with one attached hydrogen (secondary N) is 1. The van der Waals surface area contributed by atoms with Crippen molar-refractivity contribution in [1.29, 1.82) is 0 Å². The molecule has 26 heavy (non-hydrogen) atoms. The van der Waals surface area contributed by atoms with Crippen molar-refractivity contribution in [2.75, 3.05) is 18.4 Å². The second kappa shape index (κ2) is 7.60. The number of hydrogen-bond acceptors (Lipinski definition) is 3. The van der Waals surface area contributed by atoms with Crippen molar-refractivity contribution in [2.45, 2.75) is 31.6 Å². The molecule has 138 valence electrons. The molecule has 0 unspecified atom stereocenters. The lowest BCUT2D eigenvalue weighted by Gasteiger charge is -2.31. The van der Waals surface area contributed by atoms with Crippen LogP contribution in [-0.2, 0) is 14.8 Å². The van der Waals surface area contributed by atoms with Gasteiger partial charge in [0.05, 0.1) is 4.90 Å². The van der Waals surface area contributed by atoms with E-state index in [1.54, 1.807) is 6.07 Å². The third-order valence-corrected chi connectivity index (χ3v) is 6.87. The van der Waals surface area contributed by atoms with E-state index >= 15 is 0 Å². The Hall–Kier alpha value is -2.18. The second-order valence-corrected chi connectivity index (χ2v) is 8.71. The van der Waals surface area contributed by atoms with Crippen LogP contribution in [-0.4, -0.2) is 31.7 Å². The van der Waals surface area contributed by atoms with Gasteiger partial charge >= 0.3 is 0 Å². The quantitative estimate of drug-likeness (QED) is 0.895. The lowest BCUT2D eigenvalue weighted by atomic mass is 9.97. The second-order valence-electron chi connectivity index (χ2n) is 6.80. The number of hydrogen-bond donors (Lipinski definition) is 1. The highest BCUT2D eigenvalue weighted by Gasteiger charge is 2.32. The van der Waals surface area contributed by atoms with Gasteiger partial charge in [-0.05, 0) is 56.0 Å². The molecule has 1 aliphatic heterocycles. The van der Waals surface area contributed by atoms with Gasteiger partial charge < -0.3 is 5.32 Å². The van der Waals surface area contributed by atoms with E-state index < -0.39 is 10.0 Å². The van der Waals surface area contributed by atoms with Crippen molar-refractivity contribution in [1.82, 2.24) is 4.31 Å². The maximum atomic E-state index is 13.0. The van der Waals surface area contributed by atoms with Crippen molar-refractivity contribution in [3.05, 3.63) is 59.7 Å². The maximum absolute atomic E-state index is 13.0. The molecule has 0 saturated carbocycles. The summed E-state index contributed by atoms with van der Waals surface area (Å²) in [6.45, 7) is 4.43. The smallest absolute Gasteiger partial charge is 0.243 e. The molecule has 1 amide bonds. The van der Waals surface area contributed by atoms with Crippen molar-refractivity contribution in [3.63, 3.8) is 0 Å². The van der Waals surface area contributed by atoms with Crippen molar-refractivity contribution in [2.24, 2.45) is 5.92 Å². The van der Waals surface area contributed by atoms with Crippen molar-refractivity contribution in [3.8, 4) is 0 Å². The number of para-hydroxylation sites is 1. The molecule has 5 nitrogen and oxygen atoms in total. The SMILES string of the molecule is Cc1ccc(C)c(S(=O)(=O)N2CCC(C(=O)Nc3ccccc3)CC2)c1. The van der Waals surface area contributed by atoms with Gasteiger partial charge in [-0.3, -0.25) is 4.79 Å². The first-order chi connectivity index (χ1) is 12.4. The fourth-order valence-corrected chi connectivity index (χ4v) is 5.03. The van der Waals surface area contributed by atoms with Crippen LogP contribution >= 0.6 is 0 Å². The van der Waals surface area contributed by atoms with E-state index in [1.165, 1.54) is 4.31 Å². The highest BCUT2D eigenvalue weighted by Crippen LogP contribution is 2.27. The van der Waals surface area contributed by atoms with Crippen LogP contribution in [0.3, 0.4) is 0 Å². The van der Waals surface area contributed by atoms with Crippen LogP contribution in [0.5, 0.6) is 0 Å². The molecule has 0 bridgehead atoms. The molecule has 1 aliphatic rings. The summed E-state index contributed by atoms with van der Waals surface area (Å²) < 4.78 is 27.4. The highest BCUT2D eigenvalue weighted by molar-refractivity contribution is 7.89. The zero-order valence-corrected chi connectivity index (χ0v) is 15.9.